The van der Waals surface area contributed by atoms with Crippen LogP contribution in [0.3, 0.4) is 0 Å². The third-order valence-electron chi connectivity index (χ3n) is 1.84. The first-order valence-electron chi connectivity index (χ1n) is 4.31. The highest BCUT2D eigenvalue weighted by molar-refractivity contribution is 7.85. The Morgan fingerprint density at radius 2 is 1.94 bits per heavy atom. The molecule has 0 fully saturated rings. The van der Waals surface area contributed by atoms with Gasteiger partial charge in [0.25, 0.3) is 0 Å². The molecular formula is C10H6ClFN2OS. The molecule has 0 bridgehead atoms. The van der Waals surface area contributed by atoms with Crippen LogP contribution in [0.5, 0.6) is 0 Å². The number of aromatic nitrogens is 2. The molecule has 16 heavy (non-hydrogen) atoms. The van der Waals surface area contributed by atoms with Crippen molar-refractivity contribution >= 4 is 22.4 Å². The van der Waals surface area contributed by atoms with Gasteiger partial charge in [-0.1, -0.05) is 11.6 Å². The third kappa shape index (κ3) is 2.25. The highest BCUT2D eigenvalue weighted by Crippen LogP contribution is 2.18. The topological polar surface area (TPSA) is 42.9 Å². The van der Waals surface area contributed by atoms with E-state index in [0.29, 0.717) is 9.92 Å². The normalized spacial score (nSPS) is 12.4. The van der Waals surface area contributed by atoms with Crippen molar-refractivity contribution in [3.05, 3.63) is 47.6 Å². The number of rotatable bonds is 2. The molecule has 82 valence electrons. The molecule has 0 aliphatic carbocycles. The van der Waals surface area contributed by atoms with Crippen LogP contribution in [0.2, 0.25) is 5.02 Å². The summed E-state index contributed by atoms with van der Waals surface area (Å²) in [5.74, 6) is -0.684. The maximum absolute atomic E-state index is 13.3. The van der Waals surface area contributed by atoms with Crippen molar-refractivity contribution in [3.63, 3.8) is 0 Å². The first-order valence-corrected chi connectivity index (χ1v) is 5.84. The maximum Gasteiger partial charge on any atom is 0.176 e. The summed E-state index contributed by atoms with van der Waals surface area (Å²) < 4.78 is 25.2. The molecule has 0 amide bonds. The molecule has 1 heterocycles. The van der Waals surface area contributed by atoms with E-state index in [1.165, 1.54) is 0 Å². The fourth-order valence-corrected chi connectivity index (χ4v) is 2.21. The number of benzene rings is 1. The predicted octanol–water partition coefficient (Wildman–Crippen LogP) is 2.44. The fourth-order valence-electron chi connectivity index (χ4n) is 1.11. The lowest BCUT2D eigenvalue weighted by Gasteiger charge is -2.01. The Morgan fingerprint density at radius 1 is 1.25 bits per heavy atom. The van der Waals surface area contributed by atoms with Crippen LogP contribution in [0.25, 0.3) is 0 Å². The van der Waals surface area contributed by atoms with Crippen molar-refractivity contribution in [2.24, 2.45) is 0 Å². The minimum absolute atomic E-state index is 0.127. The summed E-state index contributed by atoms with van der Waals surface area (Å²) in [5, 5.41) is 0.404. The van der Waals surface area contributed by atoms with E-state index >= 15 is 0 Å². The molecule has 3 nitrogen and oxygen atoms in total. The lowest BCUT2D eigenvalue weighted by Crippen LogP contribution is -2.00. The molecule has 0 aliphatic rings. The Bertz CT molecular complexity index is 533. The first kappa shape index (κ1) is 11.2. The summed E-state index contributed by atoms with van der Waals surface area (Å²) in [6.45, 7) is 0. The van der Waals surface area contributed by atoms with Crippen molar-refractivity contribution in [2.75, 3.05) is 0 Å². The van der Waals surface area contributed by atoms with Gasteiger partial charge < -0.3 is 0 Å². The van der Waals surface area contributed by atoms with Crippen molar-refractivity contribution in [2.45, 2.75) is 9.92 Å². The summed E-state index contributed by atoms with van der Waals surface area (Å²) in [4.78, 5) is 7.60. The van der Waals surface area contributed by atoms with Crippen LogP contribution in [0, 0.1) is 5.82 Å². The summed E-state index contributed by atoms with van der Waals surface area (Å²) in [6.07, 6.45) is 2.14. The minimum atomic E-state index is -1.65. The number of halogens is 2. The van der Waals surface area contributed by atoms with E-state index in [-0.39, 0.29) is 5.03 Å². The van der Waals surface area contributed by atoms with Gasteiger partial charge in [0, 0.05) is 9.92 Å². The molecule has 2 aromatic rings. The quantitative estimate of drug-likeness (QED) is 0.775. The second kappa shape index (κ2) is 4.67. The zero-order valence-electron chi connectivity index (χ0n) is 7.93. The molecule has 1 aromatic carbocycles. The van der Waals surface area contributed by atoms with Crippen molar-refractivity contribution in [1.29, 1.82) is 0 Å². The molecule has 0 spiro atoms. The molecule has 2 rings (SSSR count). The SMILES string of the molecule is O=S(c1ccc(Cl)cc1)c1ncncc1F. The molecule has 1 aromatic heterocycles. The van der Waals surface area contributed by atoms with E-state index in [4.69, 9.17) is 11.6 Å². The van der Waals surface area contributed by atoms with Gasteiger partial charge >= 0.3 is 0 Å². The monoisotopic (exact) mass is 256 g/mol. The van der Waals surface area contributed by atoms with E-state index < -0.39 is 16.6 Å². The zero-order chi connectivity index (χ0) is 11.5. The van der Waals surface area contributed by atoms with Crippen molar-refractivity contribution < 1.29 is 8.60 Å². The van der Waals surface area contributed by atoms with Gasteiger partial charge in [0.2, 0.25) is 0 Å². The Labute approximate surface area is 98.8 Å². The van der Waals surface area contributed by atoms with Crippen LogP contribution >= 0.6 is 11.6 Å². The summed E-state index contributed by atoms with van der Waals surface area (Å²) >= 11 is 5.69. The molecule has 0 aliphatic heterocycles. The van der Waals surface area contributed by atoms with E-state index in [0.717, 1.165) is 12.5 Å². The van der Waals surface area contributed by atoms with Gasteiger partial charge in [0.05, 0.1) is 6.20 Å². The summed E-state index contributed by atoms with van der Waals surface area (Å²) in [7, 11) is -1.65. The third-order valence-corrected chi connectivity index (χ3v) is 3.44. The Morgan fingerprint density at radius 3 is 2.56 bits per heavy atom. The molecule has 0 N–H and O–H groups in total. The first-order chi connectivity index (χ1) is 7.68. The van der Waals surface area contributed by atoms with Crippen LogP contribution in [0.15, 0.2) is 46.7 Å². The van der Waals surface area contributed by atoms with Gasteiger partial charge in [-0.2, -0.15) is 0 Å². The van der Waals surface area contributed by atoms with Gasteiger partial charge in [-0.15, -0.1) is 0 Å². The molecule has 0 saturated heterocycles. The Kier molecular flexibility index (Phi) is 3.26. The van der Waals surface area contributed by atoms with Crippen LogP contribution in [-0.2, 0) is 10.8 Å². The number of hydrogen-bond donors (Lipinski definition) is 0. The van der Waals surface area contributed by atoms with Gasteiger partial charge in [0.1, 0.15) is 17.1 Å². The Hall–Kier alpha value is -1.33. The molecular weight excluding hydrogens is 251 g/mol. The number of hydrogen-bond acceptors (Lipinski definition) is 3. The average Bonchev–Trinajstić information content (AvgIpc) is 2.30. The molecule has 0 saturated carbocycles. The molecule has 6 heteroatoms. The second-order valence-electron chi connectivity index (χ2n) is 2.90. The largest absolute Gasteiger partial charge is 0.247 e. The molecule has 1 unspecified atom stereocenters. The highest BCUT2D eigenvalue weighted by atomic mass is 35.5. The highest BCUT2D eigenvalue weighted by Gasteiger charge is 2.13. The van der Waals surface area contributed by atoms with Crippen molar-refractivity contribution in [1.82, 2.24) is 9.97 Å². The predicted molar refractivity (Wildman–Crippen MR) is 58.1 cm³/mol. The average molecular weight is 257 g/mol. The standard InChI is InChI=1S/C10H6ClFN2OS/c11-7-1-3-8(4-2-7)16(15)10-9(12)5-13-6-14-10/h1-6H. The lowest BCUT2D eigenvalue weighted by molar-refractivity contribution is 0.571. The summed E-state index contributed by atoms with van der Waals surface area (Å²) in [6, 6.07) is 6.32. The summed E-state index contributed by atoms with van der Waals surface area (Å²) in [5.41, 5.74) is 0. The van der Waals surface area contributed by atoms with Crippen LogP contribution in [0.1, 0.15) is 0 Å². The molecule has 0 radical (unpaired) electrons. The van der Waals surface area contributed by atoms with Gasteiger partial charge in [-0.05, 0) is 24.3 Å². The smallest absolute Gasteiger partial charge is 0.176 e. The van der Waals surface area contributed by atoms with E-state index in [2.05, 4.69) is 9.97 Å². The van der Waals surface area contributed by atoms with E-state index in [1.807, 2.05) is 0 Å². The number of nitrogens with zero attached hydrogens (tertiary/aromatic N) is 2. The van der Waals surface area contributed by atoms with Gasteiger partial charge in [0.15, 0.2) is 10.8 Å². The van der Waals surface area contributed by atoms with Gasteiger partial charge in [-0.3, -0.25) is 0 Å². The minimum Gasteiger partial charge on any atom is -0.247 e. The molecule has 1 atom stereocenters. The van der Waals surface area contributed by atoms with E-state index in [1.54, 1.807) is 24.3 Å². The Balaban J connectivity index is 2.40. The van der Waals surface area contributed by atoms with Gasteiger partial charge in [-0.25, -0.2) is 18.6 Å². The van der Waals surface area contributed by atoms with Crippen molar-refractivity contribution in [3.8, 4) is 0 Å². The fraction of sp³-hybridized carbons (Fsp3) is 0. The van der Waals surface area contributed by atoms with Crippen LogP contribution in [0.4, 0.5) is 4.39 Å². The van der Waals surface area contributed by atoms with Crippen LogP contribution in [-0.4, -0.2) is 14.2 Å². The second-order valence-corrected chi connectivity index (χ2v) is 4.73. The maximum atomic E-state index is 13.3. The zero-order valence-corrected chi connectivity index (χ0v) is 9.50. The van der Waals surface area contributed by atoms with Crippen LogP contribution < -0.4 is 0 Å². The lowest BCUT2D eigenvalue weighted by atomic mass is 10.4. The van der Waals surface area contributed by atoms with E-state index in [9.17, 15) is 8.60 Å².